The Labute approximate surface area is 133 Å². The van der Waals surface area contributed by atoms with E-state index in [4.69, 9.17) is 4.74 Å². The van der Waals surface area contributed by atoms with Gasteiger partial charge in [0.15, 0.2) is 0 Å². The molecular weight excluding hydrogens is 292 g/mol. The third kappa shape index (κ3) is 1.40. The lowest BCUT2D eigenvalue weighted by Gasteiger charge is -2.36. The quantitative estimate of drug-likeness (QED) is 0.753. The molecule has 1 unspecified atom stereocenters. The van der Waals surface area contributed by atoms with Gasteiger partial charge in [-0.05, 0) is 12.1 Å². The van der Waals surface area contributed by atoms with Gasteiger partial charge in [0.1, 0.15) is 23.9 Å². The molecule has 3 aliphatic heterocycles. The monoisotopic (exact) mass is 306 g/mol. The molecule has 23 heavy (non-hydrogen) atoms. The van der Waals surface area contributed by atoms with Crippen molar-refractivity contribution in [1.82, 2.24) is 9.97 Å². The summed E-state index contributed by atoms with van der Waals surface area (Å²) in [6.45, 7) is 4.27. The van der Waals surface area contributed by atoms with Gasteiger partial charge in [-0.2, -0.15) is 4.98 Å². The third-order valence-electron chi connectivity index (χ3n) is 4.77. The second kappa shape index (κ2) is 3.90. The average Bonchev–Trinajstić information content (AvgIpc) is 3.06. The topological polar surface area (TPSA) is 58.6 Å². The number of hydrogen-bond donors (Lipinski definition) is 0. The Kier molecular flexibility index (Phi) is 2.14. The molecule has 0 N–H and O–H groups in total. The first-order chi connectivity index (χ1) is 11.1. The van der Waals surface area contributed by atoms with Crippen LogP contribution in [0, 0.1) is 0 Å². The number of aromatic nitrogens is 2. The molecule has 0 aliphatic carbocycles. The predicted molar refractivity (Wildman–Crippen MR) is 84.0 cm³/mol. The van der Waals surface area contributed by atoms with Gasteiger partial charge in [0.05, 0.1) is 5.69 Å². The molecule has 0 radical (unpaired) electrons. The van der Waals surface area contributed by atoms with Crippen LogP contribution >= 0.6 is 0 Å². The van der Waals surface area contributed by atoms with E-state index in [2.05, 4.69) is 28.7 Å². The number of hydrogen-bond acceptors (Lipinski definition) is 6. The van der Waals surface area contributed by atoms with Crippen LogP contribution in [0.2, 0.25) is 0 Å². The van der Waals surface area contributed by atoms with Gasteiger partial charge in [-0.1, -0.05) is 32.0 Å². The Hall–Kier alpha value is -2.89. The van der Waals surface area contributed by atoms with Gasteiger partial charge in [0.2, 0.25) is 0 Å². The van der Waals surface area contributed by atoms with E-state index < -0.39 is 0 Å². The highest BCUT2D eigenvalue weighted by Gasteiger charge is 2.57. The maximum Gasteiger partial charge on any atom is 0.363 e. The number of rotatable bonds is 1. The lowest BCUT2D eigenvalue weighted by Crippen LogP contribution is -2.48. The predicted octanol–water partition coefficient (Wildman–Crippen LogP) is 2.18. The number of nitrogens with zero attached hydrogens (tertiary/aromatic N) is 4. The molecule has 0 spiro atoms. The summed E-state index contributed by atoms with van der Waals surface area (Å²) in [7, 11) is 0. The minimum atomic E-state index is -0.372. The van der Waals surface area contributed by atoms with Gasteiger partial charge in [0.25, 0.3) is 5.88 Å². The molecule has 0 fully saturated rings. The maximum atomic E-state index is 12.4. The lowest BCUT2D eigenvalue weighted by molar-refractivity contribution is -0.130. The van der Waals surface area contributed by atoms with E-state index in [1.807, 2.05) is 41.4 Å². The number of para-hydroxylation sites is 1. The Morgan fingerprint density at radius 1 is 1.17 bits per heavy atom. The molecule has 6 heteroatoms. The van der Waals surface area contributed by atoms with Crippen molar-refractivity contribution in [3.63, 3.8) is 0 Å². The summed E-state index contributed by atoms with van der Waals surface area (Å²) in [4.78, 5) is 25.1. The summed E-state index contributed by atoms with van der Waals surface area (Å²) >= 11 is 0. The van der Waals surface area contributed by atoms with Crippen LogP contribution in [-0.2, 0) is 10.2 Å². The Balaban J connectivity index is 1.78. The Morgan fingerprint density at radius 2 is 1.96 bits per heavy atom. The van der Waals surface area contributed by atoms with Crippen molar-refractivity contribution in [3.05, 3.63) is 54.3 Å². The van der Waals surface area contributed by atoms with Crippen molar-refractivity contribution in [2.24, 2.45) is 0 Å². The highest BCUT2D eigenvalue weighted by atomic mass is 16.5. The highest BCUT2D eigenvalue weighted by Crippen LogP contribution is 2.55. The summed E-state index contributed by atoms with van der Waals surface area (Å²) < 4.78 is 5.40. The molecule has 0 bridgehead atoms. The number of carbonyl (C=O) groups excluding carboxylic acids is 1. The highest BCUT2D eigenvalue weighted by molar-refractivity contribution is 6.02. The molecule has 1 aromatic heterocycles. The SMILES string of the molecule is CC1(C)c2ncnc3c2N2C(=CN(c4ccccc4)C21)C(=O)O3. The second-order valence-electron chi connectivity index (χ2n) is 6.49. The van der Waals surface area contributed by atoms with E-state index in [9.17, 15) is 4.79 Å². The average molecular weight is 306 g/mol. The molecule has 0 amide bonds. The summed E-state index contributed by atoms with van der Waals surface area (Å²) in [5, 5.41) is 0. The number of benzene rings is 1. The van der Waals surface area contributed by atoms with E-state index in [0.29, 0.717) is 11.6 Å². The third-order valence-corrected chi connectivity index (χ3v) is 4.77. The van der Waals surface area contributed by atoms with Crippen LogP contribution in [0.25, 0.3) is 0 Å². The zero-order valence-corrected chi connectivity index (χ0v) is 12.7. The number of carbonyl (C=O) groups is 1. The van der Waals surface area contributed by atoms with Crippen LogP contribution in [0.5, 0.6) is 5.88 Å². The van der Waals surface area contributed by atoms with Crippen LogP contribution in [0.1, 0.15) is 19.5 Å². The molecule has 0 saturated heterocycles. The largest absolute Gasteiger partial charge is 0.400 e. The van der Waals surface area contributed by atoms with Gasteiger partial charge in [-0.15, -0.1) is 0 Å². The first kappa shape index (κ1) is 12.6. The van der Waals surface area contributed by atoms with Crippen LogP contribution in [0.15, 0.2) is 48.6 Å². The Morgan fingerprint density at radius 3 is 2.74 bits per heavy atom. The van der Waals surface area contributed by atoms with Crippen LogP contribution < -0.4 is 14.5 Å². The molecule has 2 aromatic rings. The number of ether oxygens (including phenoxy) is 1. The zero-order valence-electron chi connectivity index (χ0n) is 12.7. The standard InChI is InChI=1S/C17H14N4O2/c1-17(2)13-12-14(19-9-18-13)23-15(22)11-8-20(16(17)21(11)12)10-6-4-3-5-7-10/h3-9,16H,1-2H3. The molecule has 4 heterocycles. The van der Waals surface area contributed by atoms with Gasteiger partial charge in [-0.3, -0.25) is 0 Å². The smallest absolute Gasteiger partial charge is 0.363 e. The summed E-state index contributed by atoms with van der Waals surface area (Å²) in [6.07, 6.45) is 3.27. The van der Waals surface area contributed by atoms with Gasteiger partial charge in [0, 0.05) is 17.3 Å². The van der Waals surface area contributed by atoms with Crippen molar-refractivity contribution in [3.8, 4) is 5.88 Å². The molecule has 114 valence electrons. The van der Waals surface area contributed by atoms with E-state index in [-0.39, 0.29) is 17.6 Å². The minimum Gasteiger partial charge on any atom is -0.400 e. The molecule has 5 rings (SSSR count). The van der Waals surface area contributed by atoms with E-state index in [0.717, 1.165) is 17.1 Å². The molecule has 3 aliphatic rings. The normalized spacial score (nSPS) is 22.8. The fraction of sp³-hybridized carbons (Fsp3) is 0.235. The molecule has 1 atom stereocenters. The fourth-order valence-corrected chi connectivity index (χ4v) is 3.79. The number of anilines is 2. The molecular formula is C17H14N4O2. The van der Waals surface area contributed by atoms with Crippen molar-refractivity contribution in [2.75, 3.05) is 9.80 Å². The van der Waals surface area contributed by atoms with Crippen LogP contribution in [0.4, 0.5) is 11.4 Å². The fourth-order valence-electron chi connectivity index (χ4n) is 3.79. The van der Waals surface area contributed by atoms with E-state index in [1.54, 1.807) is 0 Å². The first-order valence-electron chi connectivity index (χ1n) is 7.51. The first-order valence-corrected chi connectivity index (χ1v) is 7.51. The summed E-state index contributed by atoms with van der Waals surface area (Å²) in [5.41, 5.74) is 3.00. The second-order valence-corrected chi connectivity index (χ2v) is 6.49. The Bertz CT molecular complexity index is 875. The van der Waals surface area contributed by atoms with Crippen molar-refractivity contribution in [1.29, 1.82) is 0 Å². The van der Waals surface area contributed by atoms with E-state index in [1.165, 1.54) is 6.33 Å². The summed E-state index contributed by atoms with van der Waals surface area (Å²) in [5.74, 6) is -0.0223. The van der Waals surface area contributed by atoms with Crippen LogP contribution in [0.3, 0.4) is 0 Å². The van der Waals surface area contributed by atoms with Crippen molar-refractivity contribution >= 4 is 17.3 Å². The summed E-state index contributed by atoms with van der Waals surface area (Å²) in [6, 6.07) is 10.0. The maximum absolute atomic E-state index is 12.4. The molecule has 6 nitrogen and oxygen atoms in total. The van der Waals surface area contributed by atoms with Gasteiger partial charge in [-0.25, -0.2) is 9.78 Å². The van der Waals surface area contributed by atoms with Crippen LogP contribution in [-0.4, -0.2) is 22.1 Å². The van der Waals surface area contributed by atoms with Gasteiger partial charge < -0.3 is 14.5 Å². The minimum absolute atomic E-state index is 0.0572. The van der Waals surface area contributed by atoms with Crippen molar-refractivity contribution in [2.45, 2.75) is 25.4 Å². The van der Waals surface area contributed by atoms with Gasteiger partial charge >= 0.3 is 5.97 Å². The molecule has 0 saturated carbocycles. The zero-order chi connectivity index (χ0) is 15.8. The van der Waals surface area contributed by atoms with E-state index >= 15 is 0 Å². The number of esters is 1. The molecule has 1 aromatic carbocycles. The van der Waals surface area contributed by atoms with Crippen molar-refractivity contribution < 1.29 is 9.53 Å². The lowest BCUT2D eigenvalue weighted by atomic mass is 9.87.